The first-order valence-corrected chi connectivity index (χ1v) is 14.4. The highest BCUT2D eigenvalue weighted by molar-refractivity contribution is 6.22. The average Bonchev–Trinajstić information content (AvgIpc) is 3.63. The predicted octanol–water partition coefficient (Wildman–Crippen LogP) is 9.86. The van der Waals surface area contributed by atoms with E-state index in [9.17, 15) is 5.26 Å². The maximum absolute atomic E-state index is 9.27. The number of hydrogen-bond acceptors (Lipinski definition) is 4. The molecule has 1 N–H and O–H groups in total. The molecule has 0 unspecified atom stereocenters. The Labute approximate surface area is 253 Å². The molecule has 0 bridgehead atoms. The summed E-state index contributed by atoms with van der Waals surface area (Å²) < 4.78 is 8.53. The minimum Gasteiger partial charge on any atom is -0.454 e. The number of nitrogens with one attached hydrogen (secondary N) is 1. The van der Waals surface area contributed by atoms with Gasteiger partial charge in [-0.05, 0) is 47.5 Å². The molecule has 0 saturated heterocycles. The Morgan fingerprint density at radius 3 is 2.32 bits per heavy atom. The van der Waals surface area contributed by atoms with Crippen LogP contribution in [0.1, 0.15) is 16.7 Å². The number of nitriles is 1. The zero-order valence-electron chi connectivity index (χ0n) is 23.5. The largest absolute Gasteiger partial charge is 0.454 e. The molecule has 0 aliphatic heterocycles. The van der Waals surface area contributed by atoms with Gasteiger partial charge in [0.2, 0.25) is 0 Å². The molecule has 0 saturated carbocycles. The van der Waals surface area contributed by atoms with Crippen molar-refractivity contribution in [2.24, 2.45) is 4.99 Å². The minimum atomic E-state index is 0.386. The van der Waals surface area contributed by atoms with Crippen LogP contribution in [0, 0.1) is 16.7 Å². The summed E-state index contributed by atoms with van der Waals surface area (Å²) in [6.45, 7) is 0. The van der Waals surface area contributed by atoms with Gasteiger partial charge in [0.15, 0.2) is 5.58 Å². The lowest BCUT2D eigenvalue weighted by Gasteiger charge is -2.09. The summed E-state index contributed by atoms with van der Waals surface area (Å²) in [6, 6.07) is 46.1. The number of aromatic nitrogens is 1. The average molecular weight is 565 g/mol. The van der Waals surface area contributed by atoms with Crippen LogP contribution in [-0.2, 0) is 0 Å². The van der Waals surface area contributed by atoms with E-state index < -0.39 is 0 Å². The van der Waals surface area contributed by atoms with E-state index in [1.807, 2.05) is 103 Å². The third-order valence-corrected chi connectivity index (χ3v) is 8.20. The highest BCUT2D eigenvalue weighted by atomic mass is 16.3. The summed E-state index contributed by atoms with van der Waals surface area (Å²) in [5, 5.41) is 22.7. The van der Waals surface area contributed by atoms with Crippen LogP contribution in [0.25, 0.3) is 54.9 Å². The number of nitrogens with zero attached hydrogens (tertiary/aromatic N) is 3. The van der Waals surface area contributed by atoms with E-state index in [-0.39, 0.29) is 0 Å². The fraction of sp³-hybridized carbons (Fsp3) is 0. The molecule has 5 heteroatoms. The monoisotopic (exact) mass is 564 g/mol. The smallest absolute Gasteiger partial charge is 0.160 e. The molecule has 44 heavy (non-hydrogen) atoms. The summed E-state index contributed by atoms with van der Waals surface area (Å²) in [5.74, 6) is 0. The van der Waals surface area contributed by atoms with Crippen molar-refractivity contribution in [1.82, 2.24) is 4.57 Å². The van der Waals surface area contributed by atoms with Crippen LogP contribution in [0.4, 0.5) is 5.69 Å². The second-order valence-electron chi connectivity index (χ2n) is 10.7. The number of hydrogen-bond donors (Lipinski definition) is 1. The Morgan fingerprint density at radius 2 is 1.45 bits per heavy atom. The molecule has 0 spiro atoms. The van der Waals surface area contributed by atoms with E-state index in [1.54, 1.807) is 6.07 Å². The SMILES string of the molecule is N#Cc1cccc(-c2ccc(C(=N)c3ccccc3N=Cn3c4ccccc4c4ccc5c6ccccc6oc5c43)cc2)c1. The van der Waals surface area contributed by atoms with Crippen LogP contribution in [0.5, 0.6) is 0 Å². The van der Waals surface area contributed by atoms with Gasteiger partial charge in [0.05, 0.1) is 34.1 Å². The molecule has 8 rings (SSSR count). The number of rotatable bonds is 5. The molecule has 8 aromatic rings. The van der Waals surface area contributed by atoms with Crippen LogP contribution in [0.15, 0.2) is 143 Å². The summed E-state index contributed by atoms with van der Waals surface area (Å²) in [4.78, 5) is 4.97. The quantitative estimate of drug-likeness (QED) is 0.167. The zero-order valence-corrected chi connectivity index (χ0v) is 23.5. The molecule has 206 valence electrons. The van der Waals surface area contributed by atoms with Gasteiger partial charge in [-0.1, -0.05) is 97.1 Å². The minimum absolute atomic E-state index is 0.386. The molecule has 0 radical (unpaired) electrons. The van der Waals surface area contributed by atoms with Gasteiger partial charge < -0.3 is 4.42 Å². The van der Waals surface area contributed by atoms with Crippen molar-refractivity contribution in [3.05, 3.63) is 150 Å². The fourth-order valence-corrected chi connectivity index (χ4v) is 6.05. The highest BCUT2D eigenvalue weighted by Crippen LogP contribution is 2.38. The van der Waals surface area contributed by atoms with Crippen LogP contribution in [-0.4, -0.2) is 16.6 Å². The molecular weight excluding hydrogens is 540 g/mol. The molecule has 0 fully saturated rings. The Morgan fingerprint density at radius 1 is 0.705 bits per heavy atom. The molecule has 0 aliphatic carbocycles. The third kappa shape index (κ3) is 4.09. The summed E-state index contributed by atoms with van der Waals surface area (Å²) >= 11 is 0. The lowest BCUT2D eigenvalue weighted by molar-refractivity contribution is 0.671. The number of aliphatic imine (C=N–C) groups is 1. The van der Waals surface area contributed by atoms with Crippen molar-refractivity contribution in [3.8, 4) is 17.2 Å². The Bertz CT molecular complexity index is 2470. The fourth-order valence-electron chi connectivity index (χ4n) is 6.05. The highest BCUT2D eigenvalue weighted by Gasteiger charge is 2.17. The van der Waals surface area contributed by atoms with Crippen LogP contribution in [0.3, 0.4) is 0 Å². The Hall–Kier alpha value is -6.25. The van der Waals surface area contributed by atoms with Crippen LogP contribution < -0.4 is 0 Å². The lowest BCUT2D eigenvalue weighted by Crippen LogP contribution is -2.02. The number of benzene rings is 6. The van der Waals surface area contributed by atoms with E-state index in [0.717, 1.165) is 66.0 Å². The summed E-state index contributed by atoms with van der Waals surface area (Å²) in [5.41, 5.74) is 8.86. The van der Waals surface area contributed by atoms with Gasteiger partial charge in [0, 0.05) is 32.7 Å². The van der Waals surface area contributed by atoms with Crippen LogP contribution in [0.2, 0.25) is 0 Å². The molecule has 0 aliphatic rings. The summed E-state index contributed by atoms with van der Waals surface area (Å²) in [6.07, 6.45) is 1.84. The lowest BCUT2D eigenvalue weighted by atomic mass is 9.97. The first kappa shape index (κ1) is 25.5. The normalized spacial score (nSPS) is 11.6. The van der Waals surface area contributed by atoms with Gasteiger partial charge in [0.1, 0.15) is 11.9 Å². The second-order valence-corrected chi connectivity index (χ2v) is 10.7. The number of fused-ring (bicyclic) bond motifs is 7. The molecular formula is C39H24N4O. The molecule has 2 heterocycles. The molecule has 5 nitrogen and oxygen atoms in total. The second kappa shape index (κ2) is 10.2. The van der Waals surface area contributed by atoms with Crippen molar-refractivity contribution in [2.45, 2.75) is 0 Å². The van der Waals surface area contributed by atoms with Gasteiger partial charge in [-0.15, -0.1) is 0 Å². The third-order valence-electron chi connectivity index (χ3n) is 8.20. The van der Waals surface area contributed by atoms with Gasteiger partial charge in [-0.2, -0.15) is 5.26 Å². The Kier molecular flexibility index (Phi) is 5.92. The number of furan rings is 1. The van der Waals surface area contributed by atoms with Crippen molar-refractivity contribution in [2.75, 3.05) is 0 Å². The maximum Gasteiger partial charge on any atom is 0.160 e. The molecule has 0 atom stereocenters. The van der Waals surface area contributed by atoms with Crippen molar-refractivity contribution >= 4 is 61.5 Å². The van der Waals surface area contributed by atoms with Crippen LogP contribution >= 0.6 is 0 Å². The molecule has 0 amide bonds. The van der Waals surface area contributed by atoms with Gasteiger partial charge in [-0.25, -0.2) is 4.99 Å². The standard InChI is InChI=1S/C39H24N4O/c40-23-25-8-7-9-28(22-25)26-16-18-27(19-17-26)37(41)33-12-1-4-13-34(33)42-24-43-35-14-5-2-10-29(35)31-20-21-32-30-11-3-6-15-36(30)44-39(32)38(31)43/h1-22,24,41H. The predicted molar refractivity (Wildman–Crippen MR) is 179 cm³/mol. The van der Waals surface area contributed by atoms with Gasteiger partial charge in [-0.3, -0.25) is 9.98 Å². The summed E-state index contributed by atoms with van der Waals surface area (Å²) in [7, 11) is 0. The van der Waals surface area contributed by atoms with Gasteiger partial charge >= 0.3 is 0 Å². The number of para-hydroxylation sites is 3. The van der Waals surface area contributed by atoms with E-state index in [1.165, 1.54) is 0 Å². The first-order chi connectivity index (χ1) is 21.7. The van der Waals surface area contributed by atoms with Crippen molar-refractivity contribution in [3.63, 3.8) is 0 Å². The maximum atomic E-state index is 9.27. The van der Waals surface area contributed by atoms with Gasteiger partial charge in [0.25, 0.3) is 0 Å². The van der Waals surface area contributed by atoms with Crippen molar-refractivity contribution in [1.29, 1.82) is 10.7 Å². The van der Waals surface area contributed by atoms with E-state index >= 15 is 0 Å². The zero-order chi connectivity index (χ0) is 29.6. The topological polar surface area (TPSA) is 78.1 Å². The van der Waals surface area contributed by atoms with Crippen molar-refractivity contribution < 1.29 is 4.42 Å². The molecule has 2 aromatic heterocycles. The first-order valence-electron chi connectivity index (χ1n) is 14.4. The molecule has 6 aromatic carbocycles. The van der Waals surface area contributed by atoms with E-state index in [0.29, 0.717) is 17.0 Å². The van der Waals surface area contributed by atoms with E-state index in [2.05, 4.69) is 41.0 Å². The van der Waals surface area contributed by atoms with E-state index in [4.69, 9.17) is 14.8 Å². The Balaban J connectivity index is 1.21.